The minimum atomic E-state index is -1.62. The first-order valence-electron chi connectivity index (χ1n) is 10.0. The van der Waals surface area contributed by atoms with Crippen molar-refractivity contribution in [3.63, 3.8) is 0 Å². The summed E-state index contributed by atoms with van der Waals surface area (Å²) in [6, 6.07) is -4.89. The van der Waals surface area contributed by atoms with Crippen molar-refractivity contribution in [1.29, 1.82) is 0 Å². The van der Waals surface area contributed by atoms with Crippen LogP contribution >= 0.6 is 0 Å². The van der Waals surface area contributed by atoms with E-state index in [9.17, 15) is 24.0 Å². The normalized spacial score (nSPS) is 15.0. The molecule has 0 aliphatic rings. The van der Waals surface area contributed by atoms with E-state index in [1.807, 2.05) is 19.2 Å². The van der Waals surface area contributed by atoms with E-state index in [2.05, 4.69) is 10.6 Å². The molecule has 0 spiro atoms. The summed E-state index contributed by atoms with van der Waals surface area (Å²) in [6.45, 7) is 6.24. The summed E-state index contributed by atoms with van der Waals surface area (Å²) in [5.41, 5.74) is 5.82. The molecule has 0 saturated heterocycles. The number of nitrogens with two attached hydrogens (primary N) is 1. The molecule has 12 nitrogen and oxygen atoms in total. The van der Waals surface area contributed by atoms with Crippen LogP contribution in [0.4, 0.5) is 0 Å². The van der Waals surface area contributed by atoms with E-state index >= 15 is 0 Å². The van der Waals surface area contributed by atoms with Gasteiger partial charge in [0.05, 0.1) is 12.6 Å². The van der Waals surface area contributed by atoms with Gasteiger partial charge < -0.3 is 37.0 Å². The summed E-state index contributed by atoms with van der Waals surface area (Å²) >= 11 is 0. The summed E-state index contributed by atoms with van der Waals surface area (Å²) in [5.74, 6) is -5.16. The number of carbonyl (C=O) groups is 5. The highest BCUT2D eigenvalue weighted by atomic mass is 16.4. The van der Waals surface area contributed by atoms with Gasteiger partial charge in [-0.1, -0.05) is 27.7 Å². The lowest BCUT2D eigenvalue weighted by atomic mass is 10.00. The summed E-state index contributed by atoms with van der Waals surface area (Å²) < 4.78 is 0. The minimum absolute atomic E-state index is 0.0107. The fourth-order valence-corrected chi connectivity index (χ4v) is 2.54. The van der Waals surface area contributed by atoms with Gasteiger partial charge in [-0.15, -0.1) is 0 Å². The van der Waals surface area contributed by atoms with Crippen LogP contribution in [0, 0.1) is 11.8 Å². The third kappa shape index (κ3) is 10.7. The first kappa shape index (κ1) is 28.3. The quantitative estimate of drug-likeness (QED) is 0.164. The molecule has 0 aliphatic heterocycles. The van der Waals surface area contributed by atoms with Crippen LogP contribution in [-0.2, 0) is 24.0 Å². The average molecular weight is 447 g/mol. The van der Waals surface area contributed by atoms with E-state index in [0.717, 1.165) is 0 Å². The van der Waals surface area contributed by atoms with Gasteiger partial charge in [-0.05, 0) is 24.7 Å². The molecule has 0 radical (unpaired) electrons. The maximum Gasteiger partial charge on any atom is 0.328 e. The van der Waals surface area contributed by atoms with Crippen LogP contribution in [-0.4, -0.2) is 75.8 Å². The highest BCUT2D eigenvalue weighted by molar-refractivity contribution is 5.94. The highest BCUT2D eigenvalue weighted by Crippen LogP contribution is 2.08. The highest BCUT2D eigenvalue weighted by Gasteiger charge is 2.31. The lowest BCUT2D eigenvalue weighted by molar-refractivity contribution is -0.144. The van der Waals surface area contributed by atoms with E-state index in [0.29, 0.717) is 0 Å². The Morgan fingerprint density at radius 2 is 1.29 bits per heavy atom. The number of amides is 3. The van der Waals surface area contributed by atoms with E-state index in [-0.39, 0.29) is 24.7 Å². The second-order valence-corrected chi connectivity index (χ2v) is 8.04. The lowest BCUT2D eigenvalue weighted by Crippen LogP contribution is -2.58. The summed E-state index contributed by atoms with van der Waals surface area (Å²) in [6.07, 6.45) is -0.572. The van der Waals surface area contributed by atoms with Crippen molar-refractivity contribution < 1.29 is 39.3 Å². The Balaban J connectivity index is 5.49. The first-order valence-corrected chi connectivity index (χ1v) is 10.0. The van der Waals surface area contributed by atoms with E-state index in [1.165, 1.54) is 0 Å². The van der Waals surface area contributed by atoms with Gasteiger partial charge in [0.1, 0.15) is 18.1 Å². The Bertz CT molecular complexity index is 653. The number of carboxylic acids is 2. The molecule has 3 amide bonds. The topological polar surface area (TPSA) is 208 Å². The zero-order chi connectivity index (χ0) is 24.3. The van der Waals surface area contributed by atoms with Crippen LogP contribution in [0.2, 0.25) is 0 Å². The van der Waals surface area contributed by atoms with Crippen LogP contribution in [0.3, 0.4) is 0 Å². The maximum atomic E-state index is 12.8. The average Bonchev–Trinajstić information content (AvgIpc) is 2.66. The Hall–Kier alpha value is -2.73. The molecule has 8 N–H and O–H groups in total. The van der Waals surface area contributed by atoms with Gasteiger partial charge in [0.15, 0.2) is 0 Å². The maximum absolute atomic E-state index is 12.8. The molecular formula is C19H34N4O8. The summed E-state index contributed by atoms with van der Waals surface area (Å²) in [7, 11) is 0. The largest absolute Gasteiger partial charge is 0.481 e. The molecule has 0 aromatic carbocycles. The SMILES string of the molecule is CC(C)CC(NC(=O)C(N)C(C)C)C(=O)NC(CCC(=O)O)C(=O)NC(CO)C(=O)O. The minimum Gasteiger partial charge on any atom is -0.481 e. The van der Waals surface area contributed by atoms with Crippen LogP contribution in [0.25, 0.3) is 0 Å². The van der Waals surface area contributed by atoms with Gasteiger partial charge in [-0.25, -0.2) is 4.79 Å². The van der Waals surface area contributed by atoms with Crippen molar-refractivity contribution in [3.05, 3.63) is 0 Å². The van der Waals surface area contributed by atoms with Gasteiger partial charge in [-0.3, -0.25) is 19.2 Å². The van der Waals surface area contributed by atoms with Crippen molar-refractivity contribution in [3.8, 4) is 0 Å². The van der Waals surface area contributed by atoms with E-state index in [4.69, 9.17) is 21.1 Å². The van der Waals surface area contributed by atoms with E-state index < -0.39 is 66.9 Å². The van der Waals surface area contributed by atoms with Gasteiger partial charge in [0.25, 0.3) is 0 Å². The summed E-state index contributed by atoms with van der Waals surface area (Å²) in [4.78, 5) is 59.5. The zero-order valence-electron chi connectivity index (χ0n) is 18.3. The standard InChI is InChI=1S/C19H34N4O8/c1-9(2)7-12(22-18(29)15(20)10(3)4)17(28)21-11(5-6-14(25)26)16(27)23-13(8-24)19(30)31/h9-13,15,24H,5-8,20H2,1-4H3,(H,21,28)(H,22,29)(H,23,27)(H,25,26)(H,30,31). The molecule has 0 aromatic rings. The Kier molecular flexibility index (Phi) is 12.4. The molecule has 12 heteroatoms. The van der Waals surface area contributed by atoms with Crippen molar-refractivity contribution in [1.82, 2.24) is 16.0 Å². The Morgan fingerprint density at radius 3 is 1.71 bits per heavy atom. The van der Waals surface area contributed by atoms with Crippen LogP contribution in [0.15, 0.2) is 0 Å². The molecular weight excluding hydrogens is 412 g/mol. The molecule has 31 heavy (non-hydrogen) atoms. The Labute approximate surface area is 180 Å². The van der Waals surface area contributed by atoms with Crippen molar-refractivity contribution in [2.75, 3.05) is 6.61 Å². The van der Waals surface area contributed by atoms with Gasteiger partial charge in [0, 0.05) is 6.42 Å². The number of carboxylic acid groups (broad SMARTS) is 2. The second kappa shape index (κ2) is 13.5. The number of aliphatic hydroxyl groups is 1. The number of hydrogen-bond donors (Lipinski definition) is 7. The molecule has 0 rings (SSSR count). The fraction of sp³-hybridized carbons (Fsp3) is 0.737. The summed E-state index contributed by atoms with van der Waals surface area (Å²) in [5, 5.41) is 33.9. The molecule has 0 aliphatic carbocycles. The molecule has 0 heterocycles. The first-order chi connectivity index (χ1) is 14.3. The molecule has 4 atom stereocenters. The molecule has 0 aromatic heterocycles. The Morgan fingerprint density at radius 1 is 0.806 bits per heavy atom. The van der Waals surface area contributed by atoms with Crippen molar-refractivity contribution in [2.45, 2.75) is 71.1 Å². The van der Waals surface area contributed by atoms with Crippen molar-refractivity contribution >= 4 is 29.7 Å². The number of rotatable bonds is 14. The molecule has 0 bridgehead atoms. The molecule has 0 fully saturated rings. The molecule has 4 unspecified atom stereocenters. The number of aliphatic carboxylic acids is 2. The number of carbonyl (C=O) groups excluding carboxylic acids is 3. The predicted octanol–water partition coefficient (Wildman–Crippen LogP) is -1.59. The van der Waals surface area contributed by atoms with Crippen molar-refractivity contribution in [2.24, 2.45) is 17.6 Å². The predicted molar refractivity (Wildman–Crippen MR) is 110 cm³/mol. The zero-order valence-corrected chi connectivity index (χ0v) is 18.3. The number of aliphatic hydroxyl groups excluding tert-OH is 1. The molecule has 0 saturated carbocycles. The smallest absolute Gasteiger partial charge is 0.328 e. The van der Waals surface area contributed by atoms with Gasteiger partial charge in [-0.2, -0.15) is 0 Å². The van der Waals surface area contributed by atoms with Crippen LogP contribution in [0.5, 0.6) is 0 Å². The van der Waals surface area contributed by atoms with Crippen LogP contribution in [0.1, 0.15) is 47.0 Å². The van der Waals surface area contributed by atoms with Gasteiger partial charge >= 0.3 is 11.9 Å². The van der Waals surface area contributed by atoms with Gasteiger partial charge in [0.2, 0.25) is 17.7 Å². The van der Waals surface area contributed by atoms with Crippen LogP contribution < -0.4 is 21.7 Å². The monoisotopic (exact) mass is 446 g/mol. The fourth-order valence-electron chi connectivity index (χ4n) is 2.54. The lowest BCUT2D eigenvalue weighted by Gasteiger charge is -2.26. The number of hydrogen-bond acceptors (Lipinski definition) is 7. The number of nitrogens with one attached hydrogen (secondary N) is 3. The third-order valence-electron chi connectivity index (χ3n) is 4.44. The second-order valence-electron chi connectivity index (χ2n) is 8.04. The van der Waals surface area contributed by atoms with E-state index in [1.54, 1.807) is 13.8 Å². The third-order valence-corrected chi connectivity index (χ3v) is 4.44. The molecule has 178 valence electrons.